The molecule has 0 bridgehead atoms. The average Bonchev–Trinajstić information content (AvgIpc) is 2.82. The normalized spacial score (nSPS) is 56.4. The van der Waals surface area contributed by atoms with Gasteiger partial charge >= 0.3 is 0 Å². The minimum Gasteiger partial charge on any atom is -0.390 e. The first-order valence-electron chi connectivity index (χ1n) is 9.44. The molecule has 1 aliphatic heterocycles. The van der Waals surface area contributed by atoms with E-state index in [9.17, 15) is 5.11 Å². The standard InChI is InChI=1S/C20H32O2/c1-4-13-5-6-17-16-12-22-18-11-19(2,21)9-7-15(18)14(16)8-10-20(13,17)3/h4,14-18,21H,5-12H2,1-3H3/b13-4-/t14-,15-,16-,17+,18+,19-,20-/m1/s1. The predicted molar refractivity (Wildman–Crippen MR) is 88.5 cm³/mol. The van der Waals surface area contributed by atoms with Crippen molar-refractivity contribution in [3.05, 3.63) is 11.6 Å². The predicted octanol–water partition coefficient (Wildman–Crippen LogP) is 4.33. The Morgan fingerprint density at radius 3 is 2.64 bits per heavy atom. The second kappa shape index (κ2) is 5.08. The van der Waals surface area contributed by atoms with Gasteiger partial charge in [-0.25, -0.2) is 0 Å². The van der Waals surface area contributed by atoms with Crippen molar-refractivity contribution in [2.45, 2.75) is 77.4 Å². The highest BCUT2D eigenvalue weighted by Gasteiger charge is 2.56. The molecule has 0 amide bonds. The first-order valence-corrected chi connectivity index (χ1v) is 9.44. The van der Waals surface area contributed by atoms with E-state index in [1.807, 2.05) is 6.92 Å². The second-order valence-electron chi connectivity index (χ2n) is 9.02. The monoisotopic (exact) mass is 304 g/mol. The molecular weight excluding hydrogens is 272 g/mol. The zero-order chi connectivity index (χ0) is 15.5. The summed E-state index contributed by atoms with van der Waals surface area (Å²) < 4.78 is 6.33. The van der Waals surface area contributed by atoms with Crippen LogP contribution in [0, 0.1) is 29.1 Å². The highest BCUT2D eigenvalue weighted by atomic mass is 16.5. The molecule has 0 radical (unpaired) electrons. The molecule has 1 heterocycles. The number of ether oxygens (including phenoxy) is 1. The Labute approximate surface area is 135 Å². The Morgan fingerprint density at radius 1 is 1.09 bits per heavy atom. The minimum absolute atomic E-state index is 0.317. The lowest BCUT2D eigenvalue weighted by atomic mass is 9.54. The molecule has 1 saturated heterocycles. The van der Waals surface area contributed by atoms with Crippen LogP contribution >= 0.6 is 0 Å². The highest BCUT2D eigenvalue weighted by molar-refractivity contribution is 5.23. The van der Waals surface area contributed by atoms with Gasteiger partial charge in [0.2, 0.25) is 0 Å². The van der Waals surface area contributed by atoms with Crippen molar-refractivity contribution in [1.29, 1.82) is 0 Å². The molecule has 1 N–H and O–H groups in total. The summed E-state index contributed by atoms with van der Waals surface area (Å²) in [5.74, 6) is 3.16. The van der Waals surface area contributed by atoms with Crippen LogP contribution in [0.2, 0.25) is 0 Å². The van der Waals surface area contributed by atoms with Gasteiger partial charge in [0.15, 0.2) is 0 Å². The van der Waals surface area contributed by atoms with E-state index in [1.54, 1.807) is 5.57 Å². The lowest BCUT2D eigenvalue weighted by molar-refractivity contribution is -0.178. The second-order valence-corrected chi connectivity index (χ2v) is 9.02. The van der Waals surface area contributed by atoms with Gasteiger partial charge in [0.1, 0.15) is 0 Å². The van der Waals surface area contributed by atoms with Crippen molar-refractivity contribution in [1.82, 2.24) is 0 Å². The van der Waals surface area contributed by atoms with Crippen LogP contribution in [0.5, 0.6) is 0 Å². The van der Waals surface area contributed by atoms with Crippen LogP contribution in [-0.4, -0.2) is 23.4 Å². The Morgan fingerprint density at radius 2 is 1.86 bits per heavy atom. The third-order valence-corrected chi connectivity index (χ3v) is 7.88. The summed E-state index contributed by atoms with van der Waals surface area (Å²) in [5.41, 5.74) is 1.67. The maximum atomic E-state index is 10.4. The van der Waals surface area contributed by atoms with E-state index >= 15 is 0 Å². The third-order valence-electron chi connectivity index (χ3n) is 7.88. The van der Waals surface area contributed by atoms with Gasteiger partial charge in [-0.3, -0.25) is 0 Å². The number of aliphatic hydroxyl groups is 1. The smallest absolute Gasteiger partial charge is 0.0644 e. The lowest BCUT2D eigenvalue weighted by Gasteiger charge is -2.55. The summed E-state index contributed by atoms with van der Waals surface area (Å²) in [5, 5.41) is 10.4. The quantitative estimate of drug-likeness (QED) is 0.675. The Hall–Kier alpha value is -0.340. The molecule has 2 heteroatoms. The van der Waals surface area contributed by atoms with Crippen LogP contribution < -0.4 is 0 Å². The molecule has 4 rings (SSSR count). The molecule has 0 aromatic rings. The molecule has 2 nitrogen and oxygen atoms in total. The molecule has 4 aliphatic rings. The zero-order valence-corrected chi connectivity index (χ0v) is 14.5. The van der Waals surface area contributed by atoms with E-state index in [2.05, 4.69) is 19.9 Å². The van der Waals surface area contributed by atoms with E-state index in [4.69, 9.17) is 4.74 Å². The van der Waals surface area contributed by atoms with Crippen LogP contribution in [-0.2, 0) is 4.74 Å². The SMILES string of the molecule is C/C=C1/CC[C@H]2[C@@H]3CO[C@H]4C[C@](C)(O)CC[C@@H]4[C@H]3CC[C@]12C. The summed E-state index contributed by atoms with van der Waals surface area (Å²) in [6.45, 7) is 7.69. The summed E-state index contributed by atoms with van der Waals surface area (Å²) in [6.07, 6.45) is 11.1. The molecule has 4 fully saturated rings. The van der Waals surface area contributed by atoms with Crippen LogP contribution in [0.4, 0.5) is 0 Å². The molecule has 124 valence electrons. The fourth-order valence-electron chi connectivity index (χ4n) is 6.67. The van der Waals surface area contributed by atoms with Crippen LogP contribution in [0.1, 0.15) is 65.7 Å². The number of hydrogen-bond acceptors (Lipinski definition) is 2. The molecule has 7 atom stereocenters. The largest absolute Gasteiger partial charge is 0.390 e. The molecule has 0 aromatic heterocycles. The number of hydrogen-bond donors (Lipinski definition) is 1. The van der Waals surface area contributed by atoms with E-state index in [0.717, 1.165) is 37.2 Å². The number of rotatable bonds is 0. The molecule has 22 heavy (non-hydrogen) atoms. The van der Waals surface area contributed by atoms with Crippen molar-refractivity contribution < 1.29 is 9.84 Å². The van der Waals surface area contributed by atoms with Crippen LogP contribution in [0.25, 0.3) is 0 Å². The minimum atomic E-state index is -0.497. The van der Waals surface area contributed by atoms with Crippen molar-refractivity contribution in [3.8, 4) is 0 Å². The van der Waals surface area contributed by atoms with Gasteiger partial charge in [0.05, 0.1) is 18.3 Å². The average molecular weight is 304 g/mol. The molecule has 0 unspecified atom stereocenters. The molecule has 3 aliphatic carbocycles. The third kappa shape index (κ3) is 2.13. The first-order chi connectivity index (χ1) is 10.4. The molecule has 3 saturated carbocycles. The number of allylic oxidation sites excluding steroid dienone is 2. The van der Waals surface area contributed by atoms with Crippen molar-refractivity contribution in [2.75, 3.05) is 6.61 Å². The first kappa shape index (κ1) is 15.2. The van der Waals surface area contributed by atoms with E-state index in [0.29, 0.717) is 17.4 Å². The van der Waals surface area contributed by atoms with E-state index in [-0.39, 0.29) is 0 Å². The van der Waals surface area contributed by atoms with Gasteiger partial charge in [0.25, 0.3) is 0 Å². The van der Waals surface area contributed by atoms with Gasteiger partial charge in [-0.2, -0.15) is 0 Å². The highest BCUT2D eigenvalue weighted by Crippen LogP contribution is 2.62. The molecular formula is C20H32O2. The van der Waals surface area contributed by atoms with Crippen molar-refractivity contribution >= 4 is 0 Å². The Balaban J connectivity index is 1.57. The lowest BCUT2D eigenvalue weighted by Crippen LogP contribution is -2.54. The van der Waals surface area contributed by atoms with Gasteiger partial charge in [-0.1, -0.05) is 18.6 Å². The Kier molecular flexibility index (Phi) is 3.51. The zero-order valence-electron chi connectivity index (χ0n) is 14.5. The van der Waals surface area contributed by atoms with Gasteiger partial charge in [0, 0.05) is 6.42 Å². The summed E-state index contributed by atoms with van der Waals surface area (Å²) in [6, 6.07) is 0. The molecule has 0 aromatic carbocycles. The van der Waals surface area contributed by atoms with E-state index < -0.39 is 5.60 Å². The van der Waals surface area contributed by atoms with Crippen LogP contribution in [0.15, 0.2) is 11.6 Å². The summed E-state index contributed by atoms with van der Waals surface area (Å²) in [4.78, 5) is 0. The van der Waals surface area contributed by atoms with Crippen LogP contribution in [0.3, 0.4) is 0 Å². The molecule has 0 spiro atoms. The fraction of sp³-hybridized carbons (Fsp3) is 0.900. The summed E-state index contributed by atoms with van der Waals surface area (Å²) in [7, 11) is 0. The van der Waals surface area contributed by atoms with E-state index in [1.165, 1.54) is 32.1 Å². The number of fused-ring (bicyclic) bond motifs is 5. The Bertz CT molecular complexity index is 480. The van der Waals surface area contributed by atoms with Gasteiger partial charge in [-0.15, -0.1) is 0 Å². The van der Waals surface area contributed by atoms with Crippen molar-refractivity contribution in [3.63, 3.8) is 0 Å². The van der Waals surface area contributed by atoms with Gasteiger partial charge in [-0.05, 0) is 81.5 Å². The maximum absolute atomic E-state index is 10.4. The van der Waals surface area contributed by atoms with Crippen molar-refractivity contribution in [2.24, 2.45) is 29.1 Å². The summed E-state index contributed by atoms with van der Waals surface area (Å²) >= 11 is 0. The topological polar surface area (TPSA) is 29.5 Å². The maximum Gasteiger partial charge on any atom is 0.0644 e. The fourth-order valence-corrected chi connectivity index (χ4v) is 6.67. The van der Waals surface area contributed by atoms with Gasteiger partial charge < -0.3 is 9.84 Å².